The molecule has 1 aliphatic heterocycles. The van der Waals surface area contributed by atoms with Crippen molar-refractivity contribution < 1.29 is 19.3 Å². The molecule has 4 atom stereocenters. The van der Waals surface area contributed by atoms with Crippen LogP contribution in [0.1, 0.15) is 12.6 Å². The number of aliphatic hydroxyl groups excluding tert-OH is 1. The van der Waals surface area contributed by atoms with E-state index >= 15 is 0 Å². The van der Waals surface area contributed by atoms with Gasteiger partial charge < -0.3 is 20.7 Å². The molecular weight excluding hydrogens is 245 g/mol. The quantitative estimate of drug-likeness (QED) is 0.598. The molecule has 4 N–H and O–H groups in total. The van der Waals surface area contributed by atoms with Crippen molar-refractivity contribution >= 4 is 5.82 Å². The van der Waals surface area contributed by atoms with E-state index in [9.17, 15) is 14.3 Å². The summed E-state index contributed by atoms with van der Waals surface area (Å²) in [4.78, 5) is 15.0. The van der Waals surface area contributed by atoms with E-state index in [0.29, 0.717) is 0 Å². The summed E-state index contributed by atoms with van der Waals surface area (Å²) in [5.74, 6) is 0.0189. The van der Waals surface area contributed by atoms with Crippen LogP contribution >= 0.6 is 0 Å². The van der Waals surface area contributed by atoms with Gasteiger partial charge in [0.1, 0.15) is 17.0 Å². The number of alkyl halides is 1. The molecule has 0 bridgehead atoms. The van der Waals surface area contributed by atoms with Gasteiger partial charge in [0.05, 0.1) is 6.61 Å². The number of rotatable bonds is 2. The first-order valence-corrected chi connectivity index (χ1v) is 5.43. The van der Waals surface area contributed by atoms with E-state index in [1.807, 2.05) is 0 Å². The fraction of sp³-hybridized carbons (Fsp3) is 0.600. The van der Waals surface area contributed by atoms with Crippen molar-refractivity contribution in [2.75, 3.05) is 12.3 Å². The van der Waals surface area contributed by atoms with Crippen LogP contribution in [0.3, 0.4) is 0 Å². The molecule has 1 saturated heterocycles. The lowest BCUT2D eigenvalue weighted by Crippen LogP contribution is -2.35. The van der Waals surface area contributed by atoms with Crippen molar-refractivity contribution in [1.82, 2.24) is 9.55 Å². The predicted molar refractivity (Wildman–Crippen MR) is 57.3 cm³/mol. The Bertz CT molecular complexity index is 562. The average Bonchev–Trinajstić information content (AvgIpc) is 2.87. The molecule has 8 heteroatoms. The Morgan fingerprint density at radius 1 is 1.72 bits per heavy atom. The Morgan fingerprint density at radius 3 is 3.00 bits per heavy atom. The maximum Gasteiger partial charge on any atom is 0.351 e. The van der Waals surface area contributed by atoms with Crippen LogP contribution in [-0.2, 0) is 4.74 Å². The molecule has 1 aromatic heterocycles. The Kier molecular flexibility index (Phi) is 2.11. The molecule has 0 amide bonds. The zero-order valence-electron chi connectivity index (χ0n) is 9.28. The van der Waals surface area contributed by atoms with Gasteiger partial charge in [0.25, 0.3) is 0 Å². The van der Waals surface area contributed by atoms with Crippen molar-refractivity contribution in [2.45, 2.75) is 30.0 Å². The van der Waals surface area contributed by atoms with E-state index in [1.54, 1.807) is 0 Å². The monoisotopic (exact) mass is 257 g/mol. The number of nitrogens with two attached hydrogens (primary N) is 1. The van der Waals surface area contributed by atoms with Crippen LogP contribution in [0, 0.1) is 0 Å². The van der Waals surface area contributed by atoms with E-state index in [2.05, 4.69) is 4.98 Å². The minimum atomic E-state index is -1.80. The highest BCUT2D eigenvalue weighted by molar-refractivity contribution is 5.29. The maximum absolute atomic E-state index is 14.1. The second kappa shape index (κ2) is 3.28. The number of anilines is 1. The summed E-state index contributed by atoms with van der Waals surface area (Å²) >= 11 is 0. The molecule has 1 saturated carbocycles. The zero-order chi connectivity index (χ0) is 13.1. The summed E-state index contributed by atoms with van der Waals surface area (Å²) in [5.41, 5.74) is 1.53. The summed E-state index contributed by atoms with van der Waals surface area (Å²) in [6.45, 7) is -0.502. The van der Waals surface area contributed by atoms with Crippen LogP contribution < -0.4 is 11.4 Å². The Morgan fingerprint density at radius 2 is 2.44 bits per heavy atom. The van der Waals surface area contributed by atoms with Gasteiger partial charge in [0, 0.05) is 12.6 Å². The first-order chi connectivity index (χ1) is 8.43. The Balaban J connectivity index is 1.98. The fourth-order valence-corrected chi connectivity index (χ4v) is 2.46. The lowest BCUT2D eigenvalue weighted by molar-refractivity contribution is -0.0790. The molecule has 0 spiro atoms. The number of fused-ring (bicyclic) bond motifs is 1. The minimum Gasteiger partial charge on any atom is -0.393 e. The third-order valence-corrected chi connectivity index (χ3v) is 3.65. The van der Waals surface area contributed by atoms with E-state index in [0.717, 1.165) is 4.57 Å². The van der Waals surface area contributed by atoms with Crippen molar-refractivity contribution in [1.29, 1.82) is 0 Å². The molecule has 98 valence electrons. The van der Waals surface area contributed by atoms with Gasteiger partial charge in [-0.1, -0.05) is 0 Å². The number of nitrogen functional groups attached to an aromatic ring is 1. The van der Waals surface area contributed by atoms with E-state index < -0.39 is 35.9 Å². The first kappa shape index (κ1) is 11.6. The summed E-state index contributed by atoms with van der Waals surface area (Å²) in [5, 5.41) is 19.1. The standard InChI is InChI=1S/C10H12FN3O4/c11-6-7(14-2-1-5(12)13-8(14)16)18-9(4-15)3-10(6,9)17/h1-2,6-7,15,17H,3-4H2,(H2,12,13,16)/t6-,7+,9+,10-/m0/s1. The second-order valence-corrected chi connectivity index (χ2v) is 4.71. The zero-order valence-corrected chi connectivity index (χ0v) is 9.28. The predicted octanol–water partition coefficient (Wildman–Crippen LogP) is -1.44. The second-order valence-electron chi connectivity index (χ2n) is 4.71. The van der Waals surface area contributed by atoms with Gasteiger partial charge in [-0.15, -0.1) is 0 Å². The molecule has 0 aromatic carbocycles. The van der Waals surface area contributed by atoms with Gasteiger partial charge in [0.15, 0.2) is 12.4 Å². The van der Waals surface area contributed by atoms with Gasteiger partial charge in [0.2, 0.25) is 0 Å². The smallest absolute Gasteiger partial charge is 0.351 e. The van der Waals surface area contributed by atoms with Gasteiger partial charge >= 0.3 is 5.69 Å². The molecule has 2 fully saturated rings. The van der Waals surface area contributed by atoms with E-state index in [1.165, 1.54) is 12.3 Å². The number of nitrogens with zero attached hydrogens (tertiary/aromatic N) is 2. The number of halogens is 1. The average molecular weight is 257 g/mol. The lowest BCUT2D eigenvalue weighted by Gasteiger charge is -2.20. The van der Waals surface area contributed by atoms with Crippen LogP contribution in [-0.4, -0.2) is 43.7 Å². The normalized spacial score (nSPS) is 41.7. The van der Waals surface area contributed by atoms with Crippen LogP contribution in [0.2, 0.25) is 0 Å². The van der Waals surface area contributed by atoms with Crippen LogP contribution in [0.4, 0.5) is 10.2 Å². The maximum atomic E-state index is 14.1. The van der Waals surface area contributed by atoms with Crippen LogP contribution in [0.15, 0.2) is 17.1 Å². The molecule has 3 rings (SSSR count). The first-order valence-electron chi connectivity index (χ1n) is 5.43. The van der Waals surface area contributed by atoms with Gasteiger partial charge in [-0.05, 0) is 6.07 Å². The Hall–Kier alpha value is -1.51. The molecular formula is C10H12FN3O4. The summed E-state index contributed by atoms with van der Waals surface area (Å²) < 4.78 is 20.3. The molecule has 18 heavy (non-hydrogen) atoms. The molecule has 2 heterocycles. The summed E-state index contributed by atoms with van der Waals surface area (Å²) in [6.07, 6.45) is -1.82. The van der Waals surface area contributed by atoms with Gasteiger partial charge in [-0.2, -0.15) is 4.98 Å². The van der Waals surface area contributed by atoms with Crippen molar-refractivity contribution in [2.24, 2.45) is 0 Å². The third kappa shape index (κ3) is 1.22. The van der Waals surface area contributed by atoms with Crippen molar-refractivity contribution in [3.63, 3.8) is 0 Å². The fourth-order valence-electron chi connectivity index (χ4n) is 2.46. The van der Waals surface area contributed by atoms with Crippen LogP contribution in [0.5, 0.6) is 0 Å². The lowest BCUT2D eigenvalue weighted by atomic mass is 10.1. The Labute approximate surface area is 101 Å². The van der Waals surface area contributed by atoms with E-state index in [4.69, 9.17) is 15.6 Å². The topological polar surface area (TPSA) is 111 Å². The largest absolute Gasteiger partial charge is 0.393 e. The van der Waals surface area contributed by atoms with E-state index in [-0.39, 0.29) is 12.2 Å². The number of aliphatic hydroxyl groups is 2. The summed E-state index contributed by atoms with van der Waals surface area (Å²) in [6, 6.07) is 1.33. The number of hydrogen-bond acceptors (Lipinski definition) is 6. The van der Waals surface area contributed by atoms with Crippen molar-refractivity contribution in [3.8, 4) is 0 Å². The highest BCUT2D eigenvalue weighted by Crippen LogP contribution is 2.62. The number of hydrogen-bond donors (Lipinski definition) is 3. The molecule has 2 aliphatic rings. The number of aromatic nitrogens is 2. The molecule has 1 aliphatic carbocycles. The highest BCUT2D eigenvalue weighted by Gasteiger charge is 2.80. The molecule has 0 unspecified atom stereocenters. The number of ether oxygens (including phenoxy) is 1. The van der Waals surface area contributed by atoms with Gasteiger partial charge in [-0.25, -0.2) is 9.18 Å². The minimum absolute atomic E-state index is 0.0189. The molecule has 7 nitrogen and oxygen atoms in total. The van der Waals surface area contributed by atoms with Crippen molar-refractivity contribution in [3.05, 3.63) is 22.7 Å². The highest BCUT2D eigenvalue weighted by atomic mass is 19.1. The summed E-state index contributed by atoms with van der Waals surface area (Å²) in [7, 11) is 0. The third-order valence-electron chi connectivity index (χ3n) is 3.65. The molecule has 1 aromatic rings. The molecule has 0 radical (unpaired) electrons. The SMILES string of the molecule is Nc1ccn([C@@H]2O[C@@]3(CO)C[C@]3(O)[C@H]2F)c(=O)n1. The van der Waals surface area contributed by atoms with Crippen LogP contribution in [0.25, 0.3) is 0 Å². The van der Waals surface area contributed by atoms with Gasteiger partial charge in [-0.3, -0.25) is 4.57 Å².